The van der Waals surface area contributed by atoms with Crippen LogP contribution in [0.15, 0.2) is 41.5 Å². The number of H-pyrrole nitrogens is 1. The van der Waals surface area contributed by atoms with Crippen molar-refractivity contribution < 1.29 is 4.79 Å². The van der Waals surface area contributed by atoms with Crippen molar-refractivity contribution in [1.82, 2.24) is 24.4 Å². The first-order chi connectivity index (χ1) is 12.6. The summed E-state index contributed by atoms with van der Waals surface area (Å²) in [5.74, 6) is 0.786. The predicted octanol–water partition coefficient (Wildman–Crippen LogP) is 1.83. The van der Waals surface area contributed by atoms with Crippen molar-refractivity contribution in [2.45, 2.75) is 32.2 Å². The number of amides is 1. The monoisotopic (exact) mass is 351 g/mol. The minimum absolute atomic E-state index is 0.0689. The van der Waals surface area contributed by atoms with E-state index in [4.69, 9.17) is 0 Å². The maximum atomic E-state index is 12.8. The van der Waals surface area contributed by atoms with Crippen LogP contribution in [0.3, 0.4) is 0 Å². The summed E-state index contributed by atoms with van der Waals surface area (Å²) < 4.78 is 1.89. The van der Waals surface area contributed by atoms with Crippen LogP contribution in [0.5, 0.6) is 0 Å². The van der Waals surface area contributed by atoms with E-state index in [1.165, 1.54) is 0 Å². The number of benzene rings is 1. The number of aryl methyl sites for hydroxylation is 1. The quantitative estimate of drug-likeness (QED) is 0.780. The highest BCUT2D eigenvalue weighted by atomic mass is 16.2. The van der Waals surface area contributed by atoms with Crippen LogP contribution in [0.2, 0.25) is 0 Å². The van der Waals surface area contributed by atoms with E-state index in [-0.39, 0.29) is 23.9 Å². The van der Waals surface area contributed by atoms with Gasteiger partial charge in [0.25, 0.3) is 5.56 Å². The summed E-state index contributed by atoms with van der Waals surface area (Å²) in [6.45, 7) is 3.39. The molecule has 1 aromatic carbocycles. The molecule has 3 heterocycles. The zero-order valence-electron chi connectivity index (χ0n) is 14.7. The fraction of sp³-hybridized carbons (Fsp3) is 0.368. The van der Waals surface area contributed by atoms with Crippen molar-refractivity contribution in [2.24, 2.45) is 0 Å². The highest BCUT2D eigenvalue weighted by molar-refractivity contribution is 5.80. The number of carbonyl (C=O) groups excluding carboxylic acids is 1. The molecule has 0 saturated carbocycles. The number of imidazole rings is 1. The lowest BCUT2D eigenvalue weighted by molar-refractivity contribution is -0.133. The van der Waals surface area contributed by atoms with Crippen LogP contribution < -0.4 is 5.56 Å². The van der Waals surface area contributed by atoms with E-state index >= 15 is 0 Å². The van der Waals surface area contributed by atoms with Gasteiger partial charge in [-0.15, -0.1) is 0 Å². The van der Waals surface area contributed by atoms with Crippen LogP contribution in [0.1, 0.15) is 30.3 Å². The number of fused-ring (bicyclic) bond motifs is 1. The highest BCUT2D eigenvalue weighted by Crippen LogP contribution is 2.25. The summed E-state index contributed by atoms with van der Waals surface area (Å²) in [7, 11) is 0. The van der Waals surface area contributed by atoms with Crippen molar-refractivity contribution in [3.63, 3.8) is 0 Å². The van der Waals surface area contributed by atoms with Gasteiger partial charge in [-0.05, 0) is 31.9 Å². The second-order valence-electron chi connectivity index (χ2n) is 6.80. The number of likely N-dealkylation sites (tertiary alicyclic amines) is 1. The lowest BCUT2D eigenvalue weighted by Crippen LogP contribution is -2.41. The lowest BCUT2D eigenvalue weighted by Gasteiger charge is -2.32. The van der Waals surface area contributed by atoms with E-state index in [1.807, 2.05) is 33.7 Å². The summed E-state index contributed by atoms with van der Waals surface area (Å²) in [6, 6.07) is 9.34. The largest absolute Gasteiger partial charge is 0.340 e. The van der Waals surface area contributed by atoms with Gasteiger partial charge < -0.3 is 14.5 Å². The predicted molar refractivity (Wildman–Crippen MR) is 97.9 cm³/mol. The molecule has 3 aromatic rings. The number of aromatic nitrogens is 4. The average Bonchev–Trinajstić information content (AvgIpc) is 3.04. The van der Waals surface area contributed by atoms with Gasteiger partial charge in [0.2, 0.25) is 5.91 Å². The Morgan fingerprint density at radius 3 is 3.04 bits per heavy atom. The third-order valence-corrected chi connectivity index (χ3v) is 4.91. The molecule has 26 heavy (non-hydrogen) atoms. The zero-order valence-corrected chi connectivity index (χ0v) is 14.7. The number of hydrogen-bond donors (Lipinski definition) is 1. The van der Waals surface area contributed by atoms with Gasteiger partial charge in [-0.1, -0.05) is 12.1 Å². The SMILES string of the molecule is Cc1nc(C2CCCN(C(=O)Cn3cnc4ccccc43)C2)cc(=O)[nH]1. The van der Waals surface area contributed by atoms with Gasteiger partial charge in [-0.25, -0.2) is 9.97 Å². The molecule has 7 heteroatoms. The topological polar surface area (TPSA) is 83.9 Å². The van der Waals surface area contributed by atoms with Crippen molar-refractivity contribution in [3.8, 4) is 0 Å². The summed E-state index contributed by atoms with van der Waals surface area (Å²) in [6.07, 6.45) is 3.56. The van der Waals surface area contributed by atoms with Gasteiger partial charge in [0.05, 0.1) is 23.1 Å². The molecule has 1 fully saturated rings. The molecule has 2 aromatic heterocycles. The first kappa shape index (κ1) is 16.5. The fourth-order valence-electron chi connectivity index (χ4n) is 3.64. The Morgan fingerprint density at radius 2 is 2.19 bits per heavy atom. The molecule has 134 valence electrons. The molecule has 4 rings (SSSR count). The van der Waals surface area contributed by atoms with Crippen molar-refractivity contribution >= 4 is 16.9 Å². The molecule has 1 aliphatic rings. The van der Waals surface area contributed by atoms with E-state index in [2.05, 4.69) is 15.0 Å². The molecule has 1 N–H and O–H groups in total. The van der Waals surface area contributed by atoms with Crippen LogP contribution in [0, 0.1) is 6.92 Å². The normalized spacial score (nSPS) is 17.6. The number of rotatable bonds is 3. The Labute approximate surface area is 150 Å². The number of hydrogen-bond acceptors (Lipinski definition) is 4. The Hall–Kier alpha value is -2.96. The minimum Gasteiger partial charge on any atom is -0.340 e. The van der Waals surface area contributed by atoms with E-state index in [0.29, 0.717) is 12.4 Å². The summed E-state index contributed by atoms with van der Waals surface area (Å²) in [5, 5.41) is 0. The van der Waals surface area contributed by atoms with Gasteiger partial charge in [0.1, 0.15) is 12.4 Å². The van der Waals surface area contributed by atoms with E-state index in [9.17, 15) is 9.59 Å². The summed E-state index contributed by atoms with van der Waals surface area (Å²) in [4.78, 5) is 37.9. The van der Waals surface area contributed by atoms with Gasteiger partial charge in [-0.2, -0.15) is 0 Å². The molecular formula is C19H21N5O2. The van der Waals surface area contributed by atoms with Crippen molar-refractivity contribution in [1.29, 1.82) is 0 Å². The summed E-state index contributed by atoms with van der Waals surface area (Å²) >= 11 is 0. The number of aromatic amines is 1. The number of nitrogens with one attached hydrogen (secondary N) is 1. The van der Waals surface area contributed by atoms with Crippen LogP contribution in [0.25, 0.3) is 11.0 Å². The second-order valence-corrected chi connectivity index (χ2v) is 6.80. The van der Waals surface area contributed by atoms with Gasteiger partial charge >= 0.3 is 0 Å². The first-order valence-electron chi connectivity index (χ1n) is 8.85. The number of para-hydroxylation sites is 2. The minimum atomic E-state index is -0.138. The average molecular weight is 351 g/mol. The maximum absolute atomic E-state index is 12.8. The Bertz CT molecular complexity index is 1010. The number of nitrogens with zero attached hydrogens (tertiary/aromatic N) is 4. The van der Waals surface area contributed by atoms with Gasteiger partial charge in [0, 0.05) is 25.1 Å². The molecule has 1 aliphatic heterocycles. The molecule has 0 aliphatic carbocycles. The Morgan fingerprint density at radius 1 is 1.35 bits per heavy atom. The third-order valence-electron chi connectivity index (χ3n) is 4.91. The standard InChI is InChI=1S/C19H21N5O2/c1-13-21-16(9-18(25)22-13)14-5-4-8-23(10-14)19(26)11-24-12-20-15-6-2-3-7-17(15)24/h2-3,6-7,9,12,14H,4-5,8,10-11H2,1H3,(H,21,22,25). The van der Waals surface area contributed by atoms with Crippen LogP contribution >= 0.6 is 0 Å². The van der Waals surface area contributed by atoms with Gasteiger partial charge in [-0.3, -0.25) is 9.59 Å². The second kappa shape index (κ2) is 6.74. The third kappa shape index (κ3) is 3.24. The molecule has 1 unspecified atom stereocenters. The molecule has 0 radical (unpaired) electrons. The number of carbonyl (C=O) groups is 1. The molecular weight excluding hydrogens is 330 g/mol. The van der Waals surface area contributed by atoms with E-state index < -0.39 is 0 Å². The van der Waals surface area contributed by atoms with Crippen LogP contribution in [0.4, 0.5) is 0 Å². The van der Waals surface area contributed by atoms with Gasteiger partial charge in [0.15, 0.2) is 0 Å². The Kier molecular flexibility index (Phi) is 4.28. The zero-order chi connectivity index (χ0) is 18.1. The molecule has 0 bridgehead atoms. The number of piperidine rings is 1. The van der Waals surface area contributed by atoms with Crippen LogP contribution in [-0.4, -0.2) is 43.4 Å². The molecule has 1 amide bonds. The molecule has 7 nitrogen and oxygen atoms in total. The highest BCUT2D eigenvalue weighted by Gasteiger charge is 2.26. The van der Waals surface area contributed by atoms with E-state index in [1.54, 1.807) is 19.3 Å². The smallest absolute Gasteiger partial charge is 0.251 e. The van der Waals surface area contributed by atoms with Crippen molar-refractivity contribution in [2.75, 3.05) is 13.1 Å². The Balaban J connectivity index is 1.50. The lowest BCUT2D eigenvalue weighted by atomic mass is 9.94. The maximum Gasteiger partial charge on any atom is 0.251 e. The first-order valence-corrected chi connectivity index (χ1v) is 8.85. The van der Waals surface area contributed by atoms with E-state index in [0.717, 1.165) is 36.1 Å². The molecule has 1 atom stereocenters. The molecule has 0 spiro atoms. The molecule has 1 saturated heterocycles. The van der Waals surface area contributed by atoms with Crippen LogP contribution in [-0.2, 0) is 11.3 Å². The summed E-state index contributed by atoms with van der Waals surface area (Å²) in [5.41, 5.74) is 2.49. The fourth-order valence-corrected chi connectivity index (χ4v) is 3.64. The van der Waals surface area contributed by atoms with Crippen molar-refractivity contribution in [3.05, 3.63) is 58.5 Å².